The summed E-state index contributed by atoms with van der Waals surface area (Å²) < 4.78 is 5.52. The van der Waals surface area contributed by atoms with Gasteiger partial charge in [-0.2, -0.15) is 4.98 Å². The van der Waals surface area contributed by atoms with Crippen LogP contribution in [0.5, 0.6) is 0 Å². The lowest BCUT2D eigenvalue weighted by molar-refractivity contribution is 0.169. The van der Waals surface area contributed by atoms with Gasteiger partial charge in [0, 0.05) is 31.0 Å². The van der Waals surface area contributed by atoms with Crippen LogP contribution in [0.3, 0.4) is 0 Å². The first-order valence-corrected chi connectivity index (χ1v) is 8.41. The maximum atomic E-state index is 10.2. The Morgan fingerprint density at radius 3 is 2.80 bits per heavy atom. The largest absolute Gasteiger partial charge is 0.392 e. The summed E-state index contributed by atoms with van der Waals surface area (Å²) in [5.74, 6) is 1.10. The van der Waals surface area contributed by atoms with Gasteiger partial charge in [-0.15, -0.1) is 0 Å². The molecule has 1 aromatic carbocycles. The van der Waals surface area contributed by atoms with Crippen LogP contribution in [-0.2, 0) is 6.54 Å². The number of aromatic nitrogens is 3. The van der Waals surface area contributed by atoms with Gasteiger partial charge < -0.3 is 9.63 Å². The quantitative estimate of drug-likeness (QED) is 0.789. The van der Waals surface area contributed by atoms with Gasteiger partial charge in [0.05, 0.1) is 12.1 Å². The molecule has 4 rings (SSSR count). The van der Waals surface area contributed by atoms with Gasteiger partial charge in [0.25, 0.3) is 0 Å². The molecule has 6 heteroatoms. The Kier molecular flexibility index (Phi) is 4.29. The molecule has 25 heavy (non-hydrogen) atoms. The number of hydrogen-bond acceptors (Lipinski definition) is 6. The molecule has 0 radical (unpaired) electrons. The molecule has 128 valence electrons. The van der Waals surface area contributed by atoms with Crippen molar-refractivity contribution in [2.45, 2.75) is 32.0 Å². The molecule has 0 aliphatic carbocycles. The molecule has 2 atom stereocenters. The maximum absolute atomic E-state index is 10.2. The summed E-state index contributed by atoms with van der Waals surface area (Å²) in [5.41, 5.74) is 3.36. The summed E-state index contributed by atoms with van der Waals surface area (Å²) in [6.07, 6.45) is 3.62. The standard InChI is InChI=1S/C19H20N4O2/c1-13-4-2-3-5-15(13)11-23-12-16(24)10-17(23)19-21-18(22-25-19)14-6-8-20-9-7-14/h2-9,16-17,24H,10-12H2,1H3/t16-,17+/m1/s1. The lowest BCUT2D eigenvalue weighted by atomic mass is 10.1. The minimum absolute atomic E-state index is 0.0716. The van der Waals surface area contributed by atoms with E-state index < -0.39 is 0 Å². The summed E-state index contributed by atoms with van der Waals surface area (Å²) in [6.45, 7) is 3.46. The fourth-order valence-corrected chi connectivity index (χ4v) is 3.31. The van der Waals surface area contributed by atoms with E-state index in [1.54, 1.807) is 12.4 Å². The third-order valence-electron chi connectivity index (χ3n) is 4.68. The first-order chi connectivity index (χ1) is 12.2. The average Bonchev–Trinajstić information content (AvgIpc) is 3.24. The van der Waals surface area contributed by atoms with Gasteiger partial charge in [0.2, 0.25) is 11.7 Å². The van der Waals surface area contributed by atoms with E-state index in [2.05, 4.69) is 39.1 Å². The summed E-state index contributed by atoms with van der Waals surface area (Å²) >= 11 is 0. The summed E-state index contributed by atoms with van der Waals surface area (Å²) in [5, 5.41) is 14.3. The fourth-order valence-electron chi connectivity index (χ4n) is 3.31. The average molecular weight is 336 g/mol. The van der Waals surface area contributed by atoms with Crippen molar-refractivity contribution >= 4 is 0 Å². The number of nitrogens with zero attached hydrogens (tertiary/aromatic N) is 4. The van der Waals surface area contributed by atoms with E-state index in [1.807, 2.05) is 24.3 Å². The zero-order chi connectivity index (χ0) is 17.2. The van der Waals surface area contributed by atoms with Crippen LogP contribution in [0, 0.1) is 6.92 Å². The van der Waals surface area contributed by atoms with E-state index in [0.29, 0.717) is 24.7 Å². The Labute approximate surface area is 146 Å². The second-order valence-electron chi connectivity index (χ2n) is 6.45. The van der Waals surface area contributed by atoms with Crippen LogP contribution in [0.1, 0.15) is 29.5 Å². The van der Waals surface area contributed by atoms with Gasteiger partial charge in [0.1, 0.15) is 0 Å². The van der Waals surface area contributed by atoms with Gasteiger partial charge in [-0.05, 0) is 36.6 Å². The van der Waals surface area contributed by atoms with Crippen molar-refractivity contribution < 1.29 is 9.63 Å². The second kappa shape index (κ2) is 6.74. The fraction of sp³-hybridized carbons (Fsp3) is 0.316. The van der Waals surface area contributed by atoms with E-state index >= 15 is 0 Å². The molecule has 1 aliphatic heterocycles. The number of likely N-dealkylation sites (tertiary alicyclic amines) is 1. The number of benzene rings is 1. The molecular weight excluding hydrogens is 316 g/mol. The number of aryl methyl sites for hydroxylation is 1. The van der Waals surface area contributed by atoms with Crippen LogP contribution in [0.15, 0.2) is 53.3 Å². The molecule has 6 nitrogen and oxygen atoms in total. The molecule has 1 saturated heterocycles. The number of β-amino-alcohol motifs (C(OH)–C–C–N with tert-alkyl or cyclic N) is 1. The van der Waals surface area contributed by atoms with E-state index in [9.17, 15) is 5.11 Å². The molecule has 0 saturated carbocycles. The molecule has 0 unspecified atom stereocenters. The topological polar surface area (TPSA) is 75.3 Å². The van der Waals surface area contributed by atoms with Gasteiger partial charge in [-0.25, -0.2) is 0 Å². The second-order valence-corrected chi connectivity index (χ2v) is 6.45. The highest BCUT2D eigenvalue weighted by Crippen LogP contribution is 2.33. The summed E-state index contributed by atoms with van der Waals surface area (Å²) in [7, 11) is 0. The monoisotopic (exact) mass is 336 g/mol. The molecule has 3 heterocycles. The Morgan fingerprint density at radius 1 is 1.20 bits per heavy atom. The van der Waals surface area contributed by atoms with E-state index in [0.717, 1.165) is 12.1 Å². The zero-order valence-corrected chi connectivity index (χ0v) is 14.0. The number of hydrogen-bond donors (Lipinski definition) is 1. The Balaban J connectivity index is 1.58. The molecule has 1 N–H and O–H groups in total. The van der Waals surface area contributed by atoms with Crippen LogP contribution < -0.4 is 0 Å². The van der Waals surface area contributed by atoms with Crippen LogP contribution in [0.4, 0.5) is 0 Å². The van der Waals surface area contributed by atoms with Gasteiger partial charge in [-0.3, -0.25) is 9.88 Å². The number of aliphatic hydroxyl groups is 1. The molecule has 2 aromatic heterocycles. The Bertz CT molecular complexity index is 849. The minimum atomic E-state index is -0.384. The van der Waals surface area contributed by atoms with Crippen molar-refractivity contribution in [1.82, 2.24) is 20.0 Å². The summed E-state index contributed by atoms with van der Waals surface area (Å²) in [4.78, 5) is 10.8. The first-order valence-electron chi connectivity index (χ1n) is 8.41. The molecular formula is C19H20N4O2. The number of pyridine rings is 1. The van der Waals surface area contributed by atoms with Crippen LogP contribution in [-0.4, -0.2) is 37.8 Å². The molecule has 0 spiro atoms. The van der Waals surface area contributed by atoms with Crippen molar-refractivity contribution in [3.05, 3.63) is 65.8 Å². The molecule has 1 aliphatic rings. The highest BCUT2D eigenvalue weighted by atomic mass is 16.5. The smallest absolute Gasteiger partial charge is 0.244 e. The maximum Gasteiger partial charge on any atom is 0.244 e. The normalized spacial score (nSPS) is 20.9. The zero-order valence-electron chi connectivity index (χ0n) is 14.0. The lowest BCUT2D eigenvalue weighted by Crippen LogP contribution is -2.24. The van der Waals surface area contributed by atoms with E-state index in [1.165, 1.54) is 11.1 Å². The number of aliphatic hydroxyl groups excluding tert-OH is 1. The number of rotatable bonds is 4. The van der Waals surface area contributed by atoms with Crippen molar-refractivity contribution in [2.24, 2.45) is 0 Å². The molecule has 3 aromatic rings. The van der Waals surface area contributed by atoms with Crippen molar-refractivity contribution in [3.63, 3.8) is 0 Å². The van der Waals surface area contributed by atoms with Crippen molar-refractivity contribution in [2.75, 3.05) is 6.54 Å². The van der Waals surface area contributed by atoms with E-state index in [-0.39, 0.29) is 12.1 Å². The third-order valence-corrected chi connectivity index (χ3v) is 4.68. The predicted octanol–water partition coefficient (Wildman–Crippen LogP) is 2.75. The third kappa shape index (κ3) is 3.31. The van der Waals surface area contributed by atoms with Gasteiger partial charge >= 0.3 is 0 Å². The Hall–Kier alpha value is -2.57. The Morgan fingerprint density at radius 2 is 2.00 bits per heavy atom. The predicted molar refractivity (Wildman–Crippen MR) is 92.5 cm³/mol. The SMILES string of the molecule is Cc1ccccc1CN1C[C@H](O)C[C@H]1c1nc(-c2ccncc2)no1. The van der Waals surface area contributed by atoms with Crippen molar-refractivity contribution in [1.29, 1.82) is 0 Å². The highest BCUT2D eigenvalue weighted by molar-refractivity contribution is 5.52. The van der Waals surface area contributed by atoms with Gasteiger partial charge in [0.15, 0.2) is 0 Å². The minimum Gasteiger partial charge on any atom is -0.392 e. The van der Waals surface area contributed by atoms with E-state index in [4.69, 9.17) is 4.52 Å². The summed E-state index contributed by atoms with van der Waals surface area (Å²) in [6, 6.07) is 11.9. The molecule has 0 bridgehead atoms. The van der Waals surface area contributed by atoms with Gasteiger partial charge in [-0.1, -0.05) is 29.4 Å². The van der Waals surface area contributed by atoms with Crippen LogP contribution >= 0.6 is 0 Å². The molecule has 0 amide bonds. The van der Waals surface area contributed by atoms with Crippen molar-refractivity contribution in [3.8, 4) is 11.4 Å². The first kappa shape index (κ1) is 15.9. The van der Waals surface area contributed by atoms with Crippen LogP contribution in [0.2, 0.25) is 0 Å². The molecule has 1 fully saturated rings. The lowest BCUT2D eigenvalue weighted by Gasteiger charge is -2.22. The van der Waals surface area contributed by atoms with Crippen LogP contribution in [0.25, 0.3) is 11.4 Å². The highest BCUT2D eigenvalue weighted by Gasteiger charge is 2.36.